The standard InChI is InChI=1S/C23H38N8O6/c1-13(25)19(32)30-17(10-15-11-26-12-27-15)21(34)29-16(6-3-4-8-24)20(33)28-14(2)22(35)31-9-5-7-18(31)23(36)37/h11-14,16-18H,3-10,24-25H2,1-2H3,(H,26,27)(H,28,33)(H,29,34)(H,30,32)(H,36,37)/t13-,14-,16-,17-,18-/m0/s1. The summed E-state index contributed by atoms with van der Waals surface area (Å²) in [5, 5.41) is 17.2. The zero-order valence-electron chi connectivity index (χ0n) is 21.2. The van der Waals surface area contributed by atoms with Crippen LogP contribution in [0.3, 0.4) is 0 Å². The van der Waals surface area contributed by atoms with Gasteiger partial charge in [0, 0.05) is 19.2 Å². The van der Waals surface area contributed by atoms with E-state index in [4.69, 9.17) is 11.5 Å². The summed E-state index contributed by atoms with van der Waals surface area (Å²) < 4.78 is 0. The number of aromatic nitrogens is 2. The molecule has 0 aromatic carbocycles. The number of hydrogen-bond donors (Lipinski definition) is 7. The molecule has 14 heteroatoms. The van der Waals surface area contributed by atoms with Crippen LogP contribution in [0.25, 0.3) is 0 Å². The molecular weight excluding hydrogens is 484 g/mol. The molecule has 0 aliphatic carbocycles. The van der Waals surface area contributed by atoms with Crippen LogP contribution in [0.4, 0.5) is 0 Å². The highest BCUT2D eigenvalue weighted by Gasteiger charge is 2.37. The number of carbonyl (C=O) groups is 5. The van der Waals surface area contributed by atoms with Crippen LogP contribution in [0.1, 0.15) is 51.6 Å². The van der Waals surface area contributed by atoms with Gasteiger partial charge in [0.15, 0.2) is 0 Å². The van der Waals surface area contributed by atoms with Crippen LogP contribution in [0.2, 0.25) is 0 Å². The van der Waals surface area contributed by atoms with Gasteiger partial charge in [-0.1, -0.05) is 0 Å². The van der Waals surface area contributed by atoms with E-state index in [0.717, 1.165) is 0 Å². The van der Waals surface area contributed by atoms with E-state index in [1.54, 1.807) is 6.20 Å². The first-order valence-corrected chi connectivity index (χ1v) is 12.4. The topological polar surface area (TPSA) is 226 Å². The van der Waals surface area contributed by atoms with Crippen molar-refractivity contribution < 1.29 is 29.1 Å². The average Bonchev–Trinajstić information content (AvgIpc) is 3.54. The lowest BCUT2D eigenvalue weighted by Gasteiger charge is -2.27. The van der Waals surface area contributed by atoms with E-state index in [0.29, 0.717) is 44.5 Å². The molecule has 0 spiro atoms. The number of rotatable bonds is 14. The molecule has 1 fully saturated rings. The second kappa shape index (κ2) is 14.3. The molecule has 0 bridgehead atoms. The van der Waals surface area contributed by atoms with Crippen LogP contribution in [-0.2, 0) is 30.4 Å². The maximum atomic E-state index is 13.2. The van der Waals surface area contributed by atoms with E-state index >= 15 is 0 Å². The first kappa shape index (κ1) is 29.7. The summed E-state index contributed by atoms with van der Waals surface area (Å²) in [6.45, 7) is 3.64. The molecule has 1 aromatic heterocycles. The van der Waals surface area contributed by atoms with Crippen molar-refractivity contribution in [1.82, 2.24) is 30.8 Å². The second-order valence-corrected chi connectivity index (χ2v) is 9.22. The Bertz CT molecular complexity index is 938. The van der Waals surface area contributed by atoms with Gasteiger partial charge >= 0.3 is 5.97 Å². The largest absolute Gasteiger partial charge is 0.480 e. The van der Waals surface area contributed by atoms with Crippen molar-refractivity contribution in [1.29, 1.82) is 0 Å². The molecule has 0 unspecified atom stereocenters. The number of imidazole rings is 1. The zero-order valence-corrected chi connectivity index (χ0v) is 21.2. The van der Waals surface area contributed by atoms with Crippen molar-refractivity contribution in [3.63, 3.8) is 0 Å². The molecule has 1 aliphatic rings. The molecule has 4 amide bonds. The van der Waals surface area contributed by atoms with Gasteiger partial charge in [-0.25, -0.2) is 9.78 Å². The maximum Gasteiger partial charge on any atom is 0.326 e. The summed E-state index contributed by atoms with van der Waals surface area (Å²) in [6.07, 6.45) is 5.38. The number of nitrogens with one attached hydrogen (secondary N) is 4. The summed E-state index contributed by atoms with van der Waals surface area (Å²) >= 11 is 0. The molecule has 1 aliphatic heterocycles. The van der Waals surface area contributed by atoms with Crippen LogP contribution in [0.15, 0.2) is 12.5 Å². The number of amides is 4. The van der Waals surface area contributed by atoms with Crippen LogP contribution in [0.5, 0.6) is 0 Å². The minimum absolute atomic E-state index is 0.0609. The molecule has 2 heterocycles. The number of aromatic amines is 1. The number of aliphatic carboxylic acids is 1. The molecule has 37 heavy (non-hydrogen) atoms. The summed E-state index contributed by atoms with van der Waals surface area (Å²) in [5.74, 6) is -3.36. The van der Waals surface area contributed by atoms with Gasteiger partial charge < -0.3 is 42.4 Å². The predicted octanol–water partition coefficient (Wildman–Crippen LogP) is -2.02. The fourth-order valence-corrected chi connectivity index (χ4v) is 4.07. The Labute approximate surface area is 215 Å². The summed E-state index contributed by atoms with van der Waals surface area (Å²) in [7, 11) is 0. The number of nitrogens with zero attached hydrogens (tertiary/aromatic N) is 2. The fraction of sp³-hybridized carbons (Fsp3) is 0.652. The van der Waals surface area contributed by atoms with Crippen molar-refractivity contribution in [3.8, 4) is 0 Å². The number of carbonyl (C=O) groups excluding carboxylic acids is 4. The van der Waals surface area contributed by atoms with Crippen LogP contribution < -0.4 is 27.4 Å². The average molecular weight is 523 g/mol. The number of H-pyrrole nitrogens is 1. The Morgan fingerprint density at radius 3 is 2.38 bits per heavy atom. The Morgan fingerprint density at radius 2 is 1.78 bits per heavy atom. The summed E-state index contributed by atoms with van der Waals surface area (Å²) in [6, 6.07) is -4.85. The quantitative estimate of drug-likeness (QED) is 0.134. The Kier molecular flexibility index (Phi) is 11.5. The third-order valence-electron chi connectivity index (χ3n) is 6.14. The number of carboxylic acids is 1. The van der Waals surface area contributed by atoms with Gasteiger partial charge in [0.25, 0.3) is 0 Å². The normalized spacial score (nSPS) is 18.4. The van der Waals surface area contributed by atoms with Crippen LogP contribution >= 0.6 is 0 Å². The van der Waals surface area contributed by atoms with E-state index in [1.165, 1.54) is 25.1 Å². The molecular formula is C23H38N8O6. The van der Waals surface area contributed by atoms with Gasteiger partial charge in [-0.15, -0.1) is 0 Å². The lowest BCUT2D eigenvalue weighted by atomic mass is 10.1. The van der Waals surface area contributed by atoms with Gasteiger partial charge in [-0.2, -0.15) is 0 Å². The van der Waals surface area contributed by atoms with Crippen molar-refractivity contribution in [2.45, 2.75) is 82.6 Å². The maximum absolute atomic E-state index is 13.2. The molecule has 0 radical (unpaired) electrons. The lowest BCUT2D eigenvalue weighted by molar-refractivity contribution is -0.149. The fourth-order valence-electron chi connectivity index (χ4n) is 4.07. The molecule has 0 saturated carbocycles. The third kappa shape index (κ3) is 8.82. The SMILES string of the molecule is C[C@H](N)C(=O)N[C@@H](Cc1c[nH]cn1)C(=O)N[C@@H](CCCCN)C(=O)N[C@@H](C)C(=O)N1CCC[C@H]1C(=O)O. The molecule has 14 nitrogen and oxygen atoms in total. The number of nitrogens with two attached hydrogens (primary N) is 2. The summed E-state index contributed by atoms with van der Waals surface area (Å²) in [4.78, 5) is 70.9. The van der Waals surface area contributed by atoms with Crippen LogP contribution in [0, 0.1) is 0 Å². The van der Waals surface area contributed by atoms with Gasteiger partial charge in [0.05, 0.1) is 18.1 Å². The highest BCUT2D eigenvalue weighted by molar-refractivity contribution is 5.95. The van der Waals surface area contributed by atoms with Gasteiger partial charge in [0.2, 0.25) is 23.6 Å². The zero-order chi connectivity index (χ0) is 27.5. The Balaban J connectivity index is 2.12. The smallest absolute Gasteiger partial charge is 0.326 e. The molecule has 1 aromatic rings. The minimum atomic E-state index is -1.09. The highest BCUT2D eigenvalue weighted by Crippen LogP contribution is 2.18. The van der Waals surface area contributed by atoms with E-state index in [-0.39, 0.29) is 12.8 Å². The molecule has 2 rings (SSSR count). The Hall–Kier alpha value is -3.52. The molecule has 206 valence electrons. The molecule has 9 N–H and O–H groups in total. The number of likely N-dealkylation sites (tertiary alicyclic amines) is 1. The monoisotopic (exact) mass is 522 g/mol. The summed E-state index contributed by atoms with van der Waals surface area (Å²) in [5.41, 5.74) is 11.7. The first-order valence-electron chi connectivity index (χ1n) is 12.4. The predicted molar refractivity (Wildman–Crippen MR) is 133 cm³/mol. The van der Waals surface area contributed by atoms with E-state index in [1.807, 2.05) is 0 Å². The van der Waals surface area contributed by atoms with E-state index in [2.05, 4.69) is 25.9 Å². The number of unbranched alkanes of at least 4 members (excludes halogenated alkanes) is 1. The van der Waals surface area contributed by atoms with Crippen LogP contribution in [-0.4, -0.2) is 92.9 Å². The third-order valence-corrected chi connectivity index (χ3v) is 6.14. The van der Waals surface area contributed by atoms with Gasteiger partial charge in [-0.05, 0) is 52.5 Å². The van der Waals surface area contributed by atoms with Gasteiger partial charge in [-0.3, -0.25) is 19.2 Å². The highest BCUT2D eigenvalue weighted by atomic mass is 16.4. The van der Waals surface area contributed by atoms with Crippen molar-refractivity contribution in [2.24, 2.45) is 11.5 Å². The van der Waals surface area contributed by atoms with Crippen molar-refractivity contribution in [3.05, 3.63) is 18.2 Å². The van der Waals surface area contributed by atoms with Crippen molar-refractivity contribution in [2.75, 3.05) is 13.1 Å². The lowest BCUT2D eigenvalue weighted by Crippen LogP contribution is -2.58. The van der Waals surface area contributed by atoms with Crippen molar-refractivity contribution >= 4 is 29.6 Å². The molecule has 1 saturated heterocycles. The number of hydrogen-bond acceptors (Lipinski definition) is 8. The van der Waals surface area contributed by atoms with E-state index < -0.39 is 59.8 Å². The first-order chi connectivity index (χ1) is 17.5. The van der Waals surface area contributed by atoms with E-state index in [9.17, 15) is 29.1 Å². The second-order valence-electron chi connectivity index (χ2n) is 9.22. The number of carboxylic acid groups (broad SMARTS) is 1. The Morgan fingerprint density at radius 1 is 1.11 bits per heavy atom. The van der Waals surface area contributed by atoms with Gasteiger partial charge in [0.1, 0.15) is 24.2 Å². The minimum Gasteiger partial charge on any atom is -0.480 e. The molecule has 5 atom stereocenters.